The topological polar surface area (TPSA) is 46.5 Å². The Labute approximate surface area is 122 Å². The van der Waals surface area contributed by atoms with Gasteiger partial charge in [0.2, 0.25) is 0 Å². The maximum atomic E-state index is 11.1. The van der Waals surface area contributed by atoms with Gasteiger partial charge in [0.05, 0.1) is 10.6 Å². The van der Waals surface area contributed by atoms with Crippen molar-refractivity contribution >= 4 is 17.6 Å². The van der Waals surface area contributed by atoms with Crippen molar-refractivity contribution in [3.05, 3.63) is 64.2 Å². The molecule has 20 heavy (non-hydrogen) atoms. The molecule has 0 unspecified atom stereocenters. The van der Waals surface area contributed by atoms with E-state index in [0.29, 0.717) is 29.4 Å². The molecule has 2 rings (SSSR count). The van der Waals surface area contributed by atoms with Crippen LogP contribution in [0.1, 0.15) is 28.4 Å². The van der Waals surface area contributed by atoms with Crippen molar-refractivity contribution in [2.45, 2.75) is 20.0 Å². The molecule has 0 aliphatic heterocycles. The molecule has 0 saturated heterocycles. The van der Waals surface area contributed by atoms with Gasteiger partial charge in [-0.05, 0) is 29.7 Å². The normalized spacial score (nSPS) is 10.3. The lowest BCUT2D eigenvalue weighted by Gasteiger charge is -2.12. The summed E-state index contributed by atoms with van der Waals surface area (Å²) in [6, 6.07) is 12.9. The fourth-order valence-corrected chi connectivity index (χ4v) is 2.35. The van der Waals surface area contributed by atoms with E-state index in [-0.39, 0.29) is 5.56 Å². The van der Waals surface area contributed by atoms with Gasteiger partial charge in [0.15, 0.2) is 0 Å². The molecule has 0 amide bonds. The second-order valence-electron chi connectivity index (χ2n) is 4.34. The zero-order valence-electron chi connectivity index (χ0n) is 11.1. The predicted molar refractivity (Wildman–Crippen MR) is 78.6 cm³/mol. The largest absolute Gasteiger partial charge is 0.487 e. The minimum absolute atomic E-state index is 0.226. The molecule has 0 bridgehead atoms. The summed E-state index contributed by atoms with van der Waals surface area (Å²) < 4.78 is 5.68. The van der Waals surface area contributed by atoms with Crippen LogP contribution in [-0.2, 0) is 13.0 Å². The monoisotopic (exact) mass is 290 g/mol. The van der Waals surface area contributed by atoms with E-state index in [1.54, 1.807) is 6.07 Å². The molecule has 0 spiro atoms. The van der Waals surface area contributed by atoms with Crippen molar-refractivity contribution in [1.29, 1.82) is 0 Å². The third-order valence-electron chi connectivity index (χ3n) is 3.03. The summed E-state index contributed by atoms with van der Waals surface area (Å²) in [5.41, 5.74) is 1.86. The molecule has 1 N–H and O–H groups in total. The van der Waals surface area contributed by atoms with E-state index in [0.717, 1.165) is 5.56 Å². The number of hydrogen-bond donors (Lipinski definition) is 1. The molecule has 2 aromatic rings. The Morgan fingerprint density at radius 1 is 1.20 bits per heavy atom. The van der Waals surface area contributed by atoms with Gasteiger partial charge >= 0.3 is 5.97 Å². The van der Waals surface area contributed by atoms with Crippen LogP contribution < -0.4 is 4.74 Å². The summed E-state index contributed by atoms with van der Waals surface area (Å²) in [6.45, 7) is 2.27. The maximum absolute atomic E-state index is 11.1. The molecule has 0 aromatic heterocycles. The number of benzene rings is 2. The number of carboxylic acids is 1. The number of ether oxygens (including phenoxy) is 1. The molecule has 0 heterocycles. The Morgan fingerprint density at radius 3 is 2.50 bits per heavy atom. The van der Waals surface area contributed by atoms with E-state index >= 15 is 0 Å². The van der Waals surface area contributed by atoms with Crippen LogP contribution in [0.3, 0.4) is 0 Å². The third-order valence-corrected chi connectivity index (χ3v) is 3.44. The number of carbonyl (C=O) groups is 1. The Balaban J connectivity index is 2.23. The van der Waals surface area contributed by atoms with E-state index < -0.39 is 5.97 Å². The molecular formula is C16H15ClO3. The lowest BCUT2D eigenvalue weighted by Crippen LogP contribution is -2.04. The fourth-order valence-electron chi connectivity index (χ4n) is 1.99. The molecule has 104 valence electrons. The molecule has 0 atom stereocenters. The van der Waals surface area contributed by atoms with E-state index in [1.807, 2.05) is 37.3 Å². The number of rotatable bonds is 5. The Morgan fingerprint density at radius 2 is 1.90 bits per heavy atom. The first-order valence-electron chi connectivity index (χ1n) is 6.35. The quantitative estimate of drug-likeness (QED) is 0.898. The third kappa shape index (κ3) is 3.11. The van der Waals surface area contributed by atoms with Crippen molar-refractivity contribution in [3.8, 4) is 5.75 Å². The highest BCUT2D eigenvalue weighted by molar-refractivity contribution is 6.33. The van der Waals surface area contributed by atoms with Crippen LogP contribution in [-0.4, -0.2) is 11.1 Å². The molecule has 2 aromatic carbocycles. The number of carboxylic acid groups (broad SMARTS) is 1. The van der Waals surface area contributed by atoms with Gasteiger partial charge in [-0.3, -0.25) is 0 Å². The summed E-state index contributed by atoms with van der Waals surface area (Å²) in [7, 11) is 0. The Hall–Kier alpha value is -2.00. The first kappa shape index (κ1) is 14.4. The van der Waals surface area contributed by atoms with Gasteiger partial charge in [0.1, 0.15) is 12.4 Å². The second kappa shape index (κ2) is 6.44. The van der Waals surface area contributed by atoms with E-state index in [4.69, 9.17) is 21.4 Å². The molecule has 3 nitrogen and oxygen atoms in total. The predicted octanol–water partition coefficient (Wildman–Crippen LogP) is 4.18. The summed E-state index contributed by atoms with van der Waals surface area (Å²) in [4.78, 5) is 11.1. The van der Waals surface area contributed by atoms with Crippen LogP contribution >= 0.6 is 11.6 Å². The van der Waals surface area contributed by atoms with Crippen LogP contribution in [0.2, 0.25) is 5.02 Å². The summed E-state index contributed by atoms with van der Waals surface area (Å²) in [5, 5.41) is 9.50. The van der Waals surface area contributed by atoms with Gasteiger partial charge < -0.3 is 9.84 Å². The molecule has 4 heteroatoms. The highest BCUT2D eigenvalue weighted by Gasteiger charge is 2.15. The molecular weight excluding hydrogens is 276 g/mol. The van der Waals surface area contributed by atoms with Crippen molar-refractivity contribution in [1.82, 2.24) is 0 Å². The Kier molecular flexibility index (Phi) is 4.64. The smallest absolute Gasteiger partial charge is 0.336 e. The highest BCUT2D eigenvalue weighted by atomic mass is 35.5. The van der Waals surface area contributed by atoms with Crippen LogP contribution in [0.15, 0.2) is 42.5 Å². The lowest BCUT2D eigenvalue weighted by atomic mass is 10.0. The first-order chi connectivity index (χ1) is 9.63. The standard InChI is InChI=1S/C16H15ClO3/c1-2-12-13(16(18)19)8-9-14(15(12)17)20-10-11-6-4-3-5-7-11/h3-9H,2,10H2,1H3,(H,18,19). The maximum Gasteiger partial charge on any atom is 0.336 e. The van der Waals surface area contributed by atoms with Crippen molar-refractivity contribution in [3.63, 3.8) is 0 Å². The van der Waals surface area contributed by atoms with Gasteiger partial charge in [0, 0.05) is 0 Å². The number of halogens is 1. The average molecular weight is 291 g/mol. The van der Waals surface area contributed by atoms with Crippen molar-refractivity contribution in [2.75, 3.05) is 0 Å². The molecule has 0 fully saturated rings. The molecule has 0 aliphatic rings. The number of aromatic carboxylic acids is 1. The van der Waals surface area contributed by atoms with Gasteiger partial charge in [-0.2, -0.15) is 0 Å². The zero-order valence-corrected chi connectivity index (χ0v) is 11.9. The average Bonchev–Trinajstić information content (AvgIpc) is 2.46. The van der Waals surface area contributed by atoms with E-state index in [9.17, 15) is 4.79 Å². The minimum Gasteiger partial charge on any atom is -0.487 e. The summed E-state index contributed by atoms with van der Waals surface area (Å²) in [5.74, 6) is -0.462. The second-order valence-corrected chi connectivity index (χ2v) is 4.71. The lowest BCUT2D eigenvalue weighted by molar-refractivity contribution is 0.0695. The highest BCUT2D eigenvalue weighted by Crippen LogP contribution is 2.32. The summed E-state index contributed by atoms with van der Waals surface area (Å²) >= 11 is 6.24. The SMILES string of the molecule is CCc1c(C(=O)O)ccc(OCc2ccccc2)c1Cl. The molecule has 0 saturated carbocycles. The van der Waals surface area contributed by atoms with Crippen molar-refractivity contribution in [2.24, 2.45) is 0 Å². The van der Waals surface area contributed by atoms with Crippen LogP contribution in [0.4, 0.5) is 0 Å². The van der Waals surface area contributed by atoms with Crippen LogP contribution in [0, 0.1) is 0 Å². The molecule has 0 radical (unpaired) electrons. The van der Waals surface area contributed by atoms with E-state index in [1.165, 1.54) is 6.07 Å². The fraction of sp³-hybridized carbons (Fsp3) is 0.188. The van der Waals surface area contributed by atoms with Crippen LogP contribution in [0.25, 0.3) is 0 Å². The van der Waals surface area contributed by atoms with Gasteiger partial charge in [-0.25, -0.2) is 4.79 Å². The van der Waals surface area contributed by atoms with E-state index in [2.05, 4.69) is 0 Å². The van der Waals surface area contributed by atoms with Crippen molar-refractivity contribution < 1.29 is 14.6 Å². The first-order valence-corrected chi connectivity index (χ1v) is 6.72. The van der Waals surface area contributed by atoms with Gasteiger partial charge in [-0.1, -0.05) is 48.9 Å². The Bertz CT molecular complexity index is 609. The zero-order chi connectivity index (χ0) is 14.5. The number of hydrogen-bond acceptors (Lipinski definition) is 2. The van der Waals surface area contributed by atoms with Crippen LogP contribution in [0.5, 0.6) is 5.75 Å². The van der Waals surface area contributed by atoms with Gasteiger partial charge in [-0.15, -0.1) is 0 Å². The minimum atomic E-state index is -0.974. The van der Waals surface area contributed by atoms with Gasteiger partial charge in [0.25, 0.3) is 0 Å². The molecule has 0 aliphatic carbocycles. The summed E-state index contributed by atoms with van der Waals surface area (Å²) in [6.07, 6.45) is 0.545.